The topological polar surface area (TPSA) is 55.8 Å². The second-order valence-electron chi connectivity index (χ2n) is 3.99. The van der Waals surface area contributed by atoms with Gasteiger partial charge in [0.25, 0.3) is 0 Å². The molecule has 0 saturated carbocycles. The van der Waals surface area contributed by atoms with E-state index in [1.54, 1.807) is 18.2 Å². The first kappa shape index (κ1) is 14.4. The summed E-state index contributed by atoms with van der Waals surface area (Å²) in [5.41, 5.74) is 0. The third kappa shape index (κ3) is 4.33. The highest BCUT2D eigenvalue weighted by Gasteiger charge is 2.27. The standard InChI is InChI=1S/C7H7FO.C6H10O3/c1-9-7-5-3-2-4-6(7)8;1-4-2-3-5(9-4)6(7)8/h2-5H,1H3;4-5H,2-3H2,1H3,(H,7,8). The predicted molar refractivity (Wildman–Crippen MR) is 64.2 cm³/mol. The molecule has 1 aromatic carbocycles. The molecule has 0 aromatic heterocycles. The Morgan fingerprint density at radius 1 is 1.44 bits per heavy atom. The number of methoxy groups -OCH3 is 1. The van der Waals surface area contributed by atoms with Crippen LogP contribution >= 0.6 is 0 Å². The zero-order valence-electron chi connectivity index (χ0n) is 10.4. The molecule has 2 atom stereocenters. The minimum absolute atomic E-state index is 0.131. The zero-order valence-corrected chi connectivity index (χ0v) is 10.4. The summed E-state index contributed by atoms with van der Waals surface area (Å²) in [6, 6.07) is 6.29. The molecular weight excluding hydrogens is 239 g/mol. The Morgan fingerprint density at radius 3 is 2.44 bits per heavy atom. The van der Waals surface area contributed by atoms with E-state index in [-0.39, 0.29) is 17.7 Å². The van der Waals surface area contributed by atoms with Crippen LogP contribution in [0.1, 0.15) is 19.8 Å². The Kier molecular flexibility index (Phi) is 5.58. The highest BCUT2D eigenvalue weighted by molar-refractivity contribution is 5.72. The first-order chi connectivity index (χ1) is 8.54. The molecule has 0 amide bonds. The maximum absolute atomic E-state index is 12.5. The second-order valence-corrected chi connectivity index (χ2v) is 3.99. The van der Waals surface area contributed by atoms with Gasteiger partial charge in [-0.1, -0.05) is 12.1 Å². The molecule has 1 heterocycles. The van der Waals surface area contributed by atoms with Crippen LogP contribution in [0.25, 0.3) is 0 Å². The van der Waals surface area contributed by atoms with E-state index >= 15 is 0 Å². The van der Waals surface area contributed by atoms with Crippen LogP contribution in [-0.4, -0.2) is 30.4 Å². The van der Waals surface area contributed by atoms with Gasteiger partial charge in [0.05, 0.1) is 13.2 Å². The van der Waals surface area contributed by atoms with Crippen LogP contribution in [0.4, 0.5) is 4.39 Å². The predicted octanol–water partition coefficient (Wildman–Crippen LogP) is 2.47. The molecule has 18 heavy (non-hydrogen) atoms. The molecule has 4 nitrogen and oxygen atoms in total. The van der Waals surface area contributed by atoms with E-state index < -0.39 is 12.1 Å². The van der Waals surface area contributed by atoms with Gasteiger partial charge in [0.2, 0.25) is 0 Å². The van der Waals surface area contributed by atoms with Crippen molar-refractivity contribution in [2.24, 2.45) is 0 Å². The molecule has 100 valence electrons. The lowest BCUT2D eigenvalue weighted by Crippen LogP contribution is -2.19. The summed E-state index contributed by atoms with van der Waals surface area (Å²) < 4.78 is 22.2. The summed E-state index contributed by atoms with van der Waals surface area (Å²) >= 11 is 0. The molecule has 5 heteroatoms. The lowest BCUT2D eigenvalue weighted by molar-refractivity contribution is -0.149. The monoisotopic (exact) mass is 256 g/mol. The number of aliphatic carboxylic acids is 1. The lowest BCUT2D eigenvalue weighted by atomic mass is 10.2. The van der Waals surface area contributed by atoms with E-state index in [9.17, 15) is 9.18 Å². The van der Waals surface area contributed by atoms with Crippen LogP contribution < -0.4 is 4.74 Å². The van der Waals surface area contributed by atoms with Gasteiger partial charge in [0, 0.05) is 0 Å². The third-order valence-corrected chi connectivity index (χ3v) is 2.56. The van der Waals surface area contributed by atoms with E-state index in [1.807, 2.05) is 6.92 Å². The van der Waals surface area contributed by atoms with Crippen LogP contribution in [-0.2, 0) is 9.53 Å². The van der Waals surface area contributed by atoms with Crippen molar-refractivity contribution in [3.05, 3.63) is 30.1 Å². The molecule has 2 rings (SSSR count). The van der Waals surface area contributed by atoms with Crippen molar-refractivity contribution < 1.29 is 23.8 Å². The highest BCUT2D eigenvalue weighted by Crippen LogP contribution is 2.18. The molecule has 2 unspecified atom stereocenters. The van der Waals surface area contributed by atoms with E-state index in [4.69, 9.17) is 9.84 Å². The minimum atomic E-state index is -0.834. The number of carboxylic acids is 1. The molecule has 1 aromatic rings. The molecule has 0 spiro atoms. The van der Waals surface area contributed by atoms with E-state index in [2.05, 4.69) is 4.74 Å². The fraction of sp³-hybridized carbons (Fsp3) is 0.462. The van der Waals surface area contributed by atoms with Gasteiger partial charge < -0.3 is 14.6 Å². The fourth-order valence-corrected chi connectivity index (χ4v) is 1.59. The summed E-state index contributed by atoms with van der Waals surface area (Å²) in [6.45, 7) is 1.89. The normalized spacial score (nSPS) is 21.9. The van der Waals surface area contributed by atoms with Crippen LogP contribution in [0.15, 0.2) is 24.3 Å². The lowest BCUT2D eigenvalue weighted by Gasteiger charge is -2.03. The number of hydrogen-bond acceptors (Lipinski definition) is 3. The molecule has 1 N–H and O–H groups in total. The summed E-state index contributed by atoms with van der Waals surface area (Å²) in [5, 5.41) is 8.41. The van der Waals surface area contributed by atoms with Gasteiger partial charge in [-0.25, -0.2) is 9.18 Å². The van der Waals surface area contributed by atoms with Crippen LogP contribution in [0.3, 0.4) is 0 Å². The number of carboxylic acid groups (broad SMARTS) is 1. The number of hydrogen-bond donors (Lipinski definition) is 1. The number of carbonyl (C=O) groups is 1. The second kappa shape index (κ2) is 6.96. The van der Waals surface area contributed by atoms with Crippen molar-refractivity contribution in [1.29, 1.82) is 0 Å². The van der Waals surface area contributed by atoms with Crippen molar-refractivity contribution in [3.63, 3.8) is 0 Å². The van der Waals surface area contributed by atoms with Crippen molar-refractivity contribution in [2.75, 3.05) is 7.11 Å². The average Bonchev–Trinajstić information content (AvgIpc) is 2.78. The van der Waals surface area contributed by atoms with Gasteiger partial charge in [0.1, 0.15) is 0 Å². The number of halogens is 1. The first-order valence-corrected chi connectivity index (χ1v) is 5.71. The molecule has 1 aliphatic rings. The van der Waals surface area contributed by atoms with E-state index in [0.29, 0.717) is 6.42 Å². The Bertz CT molecular complexity index is 394. The zero-order chi connectivity index (χ0) is 13.5. The number of para-hydroxylation sites is 1. The number of ether oxygens (including phenoxy) is 2. The SMILES string of the molecule is CC1CCC(C(=O)O)O1.COc1ccccc1F. The molecule has 1 aliphatic heterocycles. The Balaban J connectivity index is 0.000000180. The van der Waals surface area contributed by atoms with Gasteiger partial charge >= 0.3 is 5.97 Å². The number of rotatable bonds is 2. The maximum Gasteiger partial charge on any atom is 0.332 e. The first-order valence-electron chi connectivity index (χ1n) is 5.71. The van der Waals surface area contributed by atoms with E-state index in [1.165, 1.54) is 13.2 Å². The molecule has 1 saturated heterocycles. The highest BCUT2D eigenvalue weighted by atomic mass is 19.1. The maximum atomic E-state index is 12.5. The third-order valence-electron chi connectivity index (χ3n) is 2.56. The number of benzene rings is 1. The molecular formula is C13H17FO4. The quantitative estimate of drug-likeness (QED) is 0.883. The minimum Gasteiger partial charge on any atom is -0.494 e. The smallest absolute Gasteiger partial charge is 0.332 e. The largest absolute Gasteiger partial charge is 0.494 e. The summed E-state index contributed by atoms with van der Waals surface area (Å²) in [5.74, 6) is -0.864. The van der Waals surface area contributed by atoms with Gasteiger partial charge in [-0.15, -0.1) is 0 Å². The summed E-state index contributed by atoms with van der Waals surface area (Å²) in [4.78, 5) is 10.2. The van der Waals surface area contributed by atoms with Gasteiger partial charge in [-0.3, -0.25) is 0 Å². The fourth-order valence-electron chi connectivity index (χ4n) is 1.59. The van der Waals surface area contributed by atoms with Crippen molar-refractivity contribution >= 4 is 5.97 Å². The van der Waals surface area contributed by atoms with Crippen LogP contribution in [0.5, 0.6) is 5.75 Å². The molecule has 1 fully saturated rings. The average molecular weight is 256 g/mol. The van der Waals surface area contributed by atoms with Crippen LogP contribution in [0, 0.1) is 5.82 Å². The van der Waals surface area contributed by atoms with Crippen molar-refractivity contribution in [1.82, 2.24) is 0 Å². The molecule has 0 radical (unpaired) electrons. The van der Waals surface area contributed by atoms with Crippen LogP contribution in [0.2, 0.25) is 0 Å². The van der Waals surface area contributed by atoms with Gasteiger partial charge in [-0.2, -0.15) is 0 Å². The van der Waals surface area contributed by atoms with E-state index in [0.717, 1.165) is 6.42 Å². The van der Waals surface area contributed by atoms with Crippen molar-refractivity contribution in [3.8, 4) is 5.75 Å². The Morgan fingerprint density at radius 2 is 2.11 bits per heavy atom. The van der Waals surface area contributed by atoms with Gasteiger partial charge in [0.15, 0.2) is 17.7 Å². The molecule has 0 bridgehead atoms. The summed E-state index contributed by atoms with van der Waals surface area (Å²) in [6.07, 6.45) is 1.12. The summed E-state index contributed by atoms with van der Waals surface area (Å²) in [7, 11) is 1.44. The molecule has 0 aliphatic carbocycles. The Hall–Kier alpha value is -1.62. The van der Waals surface area contributed by atoms with Crippen molar-refractivity contribution in [2.45, 2.75) is 32.0 Å². The van der Waals surface area contributed by atoms with Gasteiger partial charge in [-0.05, 0) is 31.9 Å². The Labute approximate surface area is 105 Å².